The maximum atomic E-state index is 13.1. The Morgan fingerprint density at radius 2 is 2.11 bits per heavy atom. The standard InChI is InChI=1S/C19H20FN5O3/c1-24-15-7-9-25(16(26)8-10-27-2)11-14(15)17(22-24)19-21-18(23-28-19)12-3-5-13(20)6-4-12/h3-6H,7-11H2,1-2H3. The minimum Gasteiger partial charge on any atom is -0.384 e. The molecule has 0 radical (unpaired) electrons. The van der Waals surface area contributed by atoms with Crippen LogP contribution in [-0.4, -0.2) is 51.0 Å². The lowest BCUT2D eigenvalue weighted by molar-refractivity contribution is -0.133. The lowest BCUT2D eigenvalue weighted by atomic mass is 10.0. The van der Waals surface area contributed by atoms with Gasteiger partial charge in [-0.3, -0.25) is 9.48 Å². The average molecular weight is 385 g/mol. The molecule has 1 aliphatic heterocycles. The Morgan fingerprint density at radius 1 is 1.32 bits per heavy atom. The Hall–Kier alpha value is -3.07. The van der Waals surface area contributed by atoms with Crippen molar-refractivity contribution in [2.75, 3.05) is 20.3 Å². The number of carbonyl (C=O) groups is 1. The van der Waals surface area contributed by atoms with E-state index in [-0.39, 0.29) is 17.6 Å². The van der Waals surface area contributed by atoms with Crippen LogP contribution in [0, 0.1) is 5.82 Å². The lowest BCUT2D eigenvalue weighted by Crippen LogP contribution is -2.36. The van der Waals surface area contributed by atoms with Crippen LogP contribution in [0.1, 0.15) is 17.7 Å². The first kappa shape index (κ1) is 18.3. The zero-order valence-corrected chi connectivity index (χ0v) is 15.7. The molecule has 28 heavy (non-hydrogen) atoms. The number of amides is 1. The zero-order valence-electron chi connectivity index (χ0n) is 15.7. The van der Waals surface area contributed by atoms with Crippen molar-refractivity contribution in [2.24, 2.45) is 7.05 Å². The monoisotopic (exact) mass is 385 g/mol. The minimum absolute atomic E-state index is 0.0415. The minimum atomic E-state index is -0.329. The molecule has 0 spiro atoms. The van der Waals surface area contributed by atoms with Crippen LogP contribution in [-0.2, 0) is 29.5 Å². The van der Waals surface area contributed by atoms with Crippen molar-refractivity contribution in [1.82, 2.24) is 24.8 Å². The number of aryl methyl sites for hydroxylation is 1. The molecule has 3 heterocycles. The van der Waals surface area contributed by atoms with Crippen molar-refractivity contribution in [2.45, 2.75) is 19.4 Å². The van der Waals surface area contributed by atoms with Crippen LogP contribution in [0.2, 0.25) is 0 Å². The smallest absolute Gasteiger partial charge is 0.279 e. The number of halogens is 1. The topological polar surface area (TPSA) is 86.3 Å². The second-order valence-electron chi connectivity index (χ2n) is 6.64. The number of ether oxygens (including phenoxy) is 1. The number of benzene rings is 1. The molecule has 1 aliphatic rings. The van der Waals surface area contributed by atoms with Gasteiger partial charge in [-0.2, -0.15) is 10.1 Å². The fourth-order valence-electron chi connectivity index (χ4n) is 3.36. The van der Waals surface area contributed by atoms with E-state index in [9.17, 15) is 9.18 Å². The summed E-state index contributed by atoms with van der Waals surface area (Å²) in [5.74, 6) is 0.352. The Morgan fingerprint density at radius 3 is 2.86 bits per heavy atom. The summed E-state index contributed by atoms with van der Waals surface area (Å²) in [5, 5.41) is 8.53. The van der Waals surface area contributed by atoms with Gasteiger partial charge in [-0.25, -0.2) is 4.39 Å². The highest BCUT2D eigenvalue weighted by Gasteiger charge is 2.29. The molecule has 0 atom stereocenters. The van der Waals surface area contributed by atoms with Crippen LogP contribution < -0.4 is 0 Å². The average Bonchev–Trinajstić information content (AvgIpc) is 3.31. The van der Waals surface area contributed by atoms with Gasteiger partial charge in [-0.1, -0.05) is 5.16 Å². The second kappa shape index (κ2) is 7.51. The van der Waals surface area contributed by atoms with Gasteiger partial charge in [-0.05, 0) is 24.3 Å². The first-order valence-corrected chi connectivity index (χ1v) is 8.98. The van der Waals surface area contributed by atoms with Gasteiger partial charge in [0, 0.05) is 50.5 Å². The summed E-state index contributed by atoms with van der Waals surface area (Å²) in [6.07, 6.45) is 1.05. The fourth-order valence-corrected chi connectivity index (χ4v) is 3.36. The summed E-state index contributed by atoms with van der Waals surface area (Å²) in [7, 11) is 3.44. The van der Waals surface area contributed by atoms with Gasteiger partial charge in [0.2, 0.25) is 11.7 Å². The van der Waals surface area contributed by atoms with E-state index in [1.807, 2.05) is 7.05 Å². The predicted molar refractivity (Wildman–Crippen MR) is 97.5 cm³/mol. The third kappa shape index (κ3) is 3.40. The van der Waals surface area contributed by atoms with Gasteiger partial charge in [-0.15, -0.1) is 0 Å². The Bertz CT molecular complexity index is 996. The molecule has 0 fully saturated rings. The van der Waals surface area contributed by atoms with Gasteiger partial charge in [0.1, 0.15) is 5.82 Å². The molecule has 2 aromatic heterocycles. The molecular weight excluding hydrogens is 365 g/mol. The Balaban J connectivity index is 1.62. The molecular formula is C19H20FN5O3. The van der Waals surface area contributed by atoms with Gasteiger partial charge in [0.05, 0.1) is 13.0 Å². The summed E-state index contributed by atoms with van der Waals surface area (Å²) < 4.78 is 25.3. The second-order valence-corrected chi connectivity index (χ2v) is 6.64. The molecule has 9 heteroatoms. The molecule has 1 amide bonds. The number of hydrogen-bond donors (Lipinski definition) is 0. The third-order valence-electron chi connectivity index (χ3n) is 4.85. The molecule has 8 nitrogen and oxygen atoms in total. The highest BCUT2D eigenvalue weighted by atomic mass is 19.1. The molecule has 0 N–H and O–H groups in total. The Kier molecular flexibility index (Phi) is 4.91. The molecule has 4 rings (SSSR count). The Labute approximate surface area is 160 Å². The number of rotatable bonds is 5. The van der Waals surface area contributed by atoms with Crippen LogP contribution in [0.15, 0.2) is 28.8 Å². The summed E-state index contributed by atoms with van der Waals surface area (Å²) in [5.41, 5.74) is 3.18. The largest absolute Gasteiger partial charge is 0.384 e. The predicted octanol–water partition coefficient (Wildman–Crippen LogP) is 2.20. The van der Waals surface area contributed by atoms with Gasteiger partial charge in [0.15, 0.2) is 5.69 Å². The van der Waals surface area contributed by atoms with E-state index in [1.54, 1.807) is 28.8 Å². The SMILES string of the molecule is COCCC(=O)N1CCc2c(c(-c3nc(-c4ccc(F)cc4)no3)nn2C)C1. The molecule has 146 valence electrons. The van der Waals surface area contributed by atoms with E-state index in [4.69, 9.17) is 9.26 Å². The molecule has 0 unspecified atom stereocenters. The first-order chi connectivity index (χ1) is 13.6. The van der Waals surface area contributed by atoms with Gasteiger partial charge >= 0.3 is 0 Å². The molecule has 0 saturated heterocycles. The molecule has 0 bridgehead atoms. The lowest BCUT2D eigenvalue weighted by Gasteiger charge is -2.27. The molecule has 0 aliphatic carbocycles. The van der Waals surface area contributed by atoms with Crippen molar-refractivity contribution in [3.63, 3.8) is 0 Å². The van der Waals surface area contributed by atoms with Crippen molar-refractivity contribution in [1.29, 1.82) is 0 Å². The fraction of sp³-hybridized carbons (Fsp3) is 0.368. The zero-order chi connectivity index (χ0) is 19.7. The normalized spacial score (nSPS) is 13.6. The summed E-state index contributed by atoms with van der Waals surface area (Å²) in [4.78, 5) is 18.6. The third-order valence-corrected chi connectivity index (χ3v) is 4.85. The highest BCUT2D eigenvalue weighted by molar-refractivity contribution is 5.77. The summed E-state index contributed by atoms with van der Waals surface area (Å²) in [6, 6.07) is 5.87. The van der Waals surface area contributed by atoms with Crippen molar-refractivity contribution in [3.8, 4) is 23.0 Å². The highest BCUT2D eigenvalue weighted by Crippen LogP contribution is 2.30. The van der Waals surface area contributed by atoms with E-state index in [2.05, 4.69) is 15.2 Å². The quantitative estimate of drug-likeness (QED) is 0.669. The first-order valence-electron chi connectivity index (χ1n) is 8.98. The van der Waals surface area contributed by atoms with Crippen molar-refractivity contribution >= 4 is 5.91 Å². The molecule has 1 aromatic carbocycles. The number of hydrogen-bond acceptors (Lipinski definition) is 6. The van der Waals surface area contributed by atoms with Crippen LogP contribution in [0.25, 0.3) is 23.0 Å². The number of aromatic nitrogens is 4. The van der Waals surface area contributed by atoms with Crippen LogP contribution in [0.4, 0.5) is 4.39 Å². The maximum Gasteiger partial charge on any atom is 0.279 e. The van der Waals surface area contributed by atoms with E-state index in [0.29, 0.717) is 49.6 Å². The summed E-state index contributed by atoms with van der Waals surface area (Å²) >= 11 is 0. The van der Waals surface area contributed by atoms with E-state index < -0.39 is 0 Å². The van der Waals surface area contributed by atoms with Gasteiger partial charge < -0.3 is 14.2 Å². The van der Waals surface area contributed by atoms with E-state index in [0.717, 1.165) is 11.3 Å². The van der Waals surface area contributed by atoms with Crippen LogP contribution >= 0.6 is 0 Å². The van der Waals surface area contributed by atoms with Gasteiger partial charge in [0.25, 0.3) is 5.89 Å². The maximum absolute atomic E-state index is 13.1. The number of methoxy groups -OCH3 is 1. The molecule has 3 aromatic rings. The number of fused-ring (bicyclic) bond motifs is 1. The van der Waals surface area contributed by atoms with Crippen molar-refractivity contribution < 1.29 is 18.4 Å². The number of nitrogens with zero attached hydrogens (tertiary/aromatic N) is 5. The van der Waals surface area contributed by atoms with E-state index >= 15 is 0 Å². The van der Waals surface area contributed by atoms with Crippen LogP contribution in [0.3, 0.4) is 0 Å². The van der Waals surface area contributed by atoms with E-state index in [1.165, 1.54) is 12.1 Å². The number of carbonyl (C=O) groups excluding carboxylic acids is 1. The van der Waals surface area contributed by atoms with Crippen molar-refractivity contribution in [3.05, 3.63) is 41.3 Å². The summed E-state index contributed by atoms with van der Waals surface area (Å²) in [6.45, 7) is 1.47. The van der Waals surface area contributed by atoms with Crippen LogP contribution in [0.5, 0.6) is 0 Å². The molecule has 0 saturated carbocycles.